The number of nitrogens with two attached hydrogens (primary N) is 1. The lowest BCUT2D eigenvalue weighted by atomic mass is 9.87. The van der Waals surface area contributed by atoms with Gasteiger partial charge in [0.1, 0.15) is 11.6 Å². The molecule has 0 saturated heterocycles. The summed E-state index contributed by atoms with van der Waals surface area (Å²) in [6, 6.07) is 29.9. The number of nitrogens with one attached hydrogen (secondary N) is 1. The van der Waals surface area contributed by atoms with Crippen LogP contribution < -0.4 is 11.1 Å². The fourth-order valence-corrected chi connectivity index (χ4v) is 7.66. The normalized spacial score (nSPS) is 13.0. The van der Waals surface area contributed by atoms with Gasteiger partial charge < -0.3 is 26.0 Å². The summed E-state index contributed by atoms with van der Waals surface area (Å²) < 4.78 is 28.1. The third-order valence-corrected chi connectivity index (χ3v) is 11.4. The molecule has 0 aromatic heterocycles. The van der Waals surface area contributed by atoms with Crippen molar-refractivity contribution in [3.63, 3.8) is 0 Å². The highest BCUT2D eigenvalue weighted by atomic mass is 19.1. The van der Waals surface area contributed by atoms with E-state index >= 15 is 0 Å². The van der Waals surface area contributed by atoms with E-state index < -0.39 is 17.6 Å². The van der Waals surface area contributed by atoms with Crippen LogP contribution in [0.25, 0.3) is 0 Å². The molecule has 4 rings (SSSR count). The molecule has 0 fully saturated rings. The first-order valence-electron chi connectivity index (χ1n) is 23.0. The number of nitrogens with zero attached hydrogens (tertiary/aromatic N) is 2. The zero-order valence-electron chi connectivity index (χ0n) is 40.6. The highest BCUT2D eigenvalue weighted by molar-refractivity contribution is 5.96. The average Bonchev–Trinajstić information content (AvgIpc) is 3.26. The largest absolute Gasteiger partial charge is 0.481 e. The Kier molecular flexibility index (Phi) is 25.4. The molecule has 0 spiro atoms. The van der Waals surface area contributed by atoms with Crippen LogP contribution >= 0.6 is 0 Å². The summed E-state index contributed by atoms with van der Waals surface area (Å²) in [4.78, 5) is 50.9. The summed E-state index contributed by atoms with van der Waals surface area (Å²) in [5.74, 6) is -0.609. The van der Waals surface area contributed by atoms with Gasteiger partial charge in [-0.2, -0.15) is 0 Å². The Balaban J connectivity index is 0.000000370. The maximum absolute atomic E-state index is 14.4. The van der Waals surface area contributed by atoms with Crippen molar-refractivity contribution in [2.24, 2.45) is 17.6 Å². The fourth-order valence-electron chi connectivity index (χ4n) is 7.66. The molecule has 65 heavy (non-hydrogen) atoms. The second-order valence-electron chi connectivity index (χ2n) is 18.1. The molecule has 4 aromatic rings. The lowest BCUT2D eigenvalue weighted by Crippen LogP contribution is -2.42. The molecule has 11 heteroatoms. The number of ketones is 2. The molecule has 9 nitrogen and oxygen atoms in total. The number of aliphatic carboxylic acids is 1. The van der Waals surface area contributed by atoms with E-state index in [-0.39, 0.29) is 65.4 Å². The number of amides is 1. The van der Waals surface area contributed by atoms with E-state index in [1.807, 2.05) is 86.5 Å². The molecule has 4 aromatic carbocycles. The number of carboxylic acids is 1. The van der Waals surface area contributed by atoms with Gasteiger partial charge in [-0.05, 0) is 124 Å². The van der Waals surface area contributed by atoms with Gasteiger partial charge in [0.2, 0.25) is 5.91 Å². The SMILES string of the molecule is CC(C)C[C@H](CC(=O)O)c1ccccc1.CCC(=O)c1ccc(C[C@@H](CN)N(C)C)cc1F.CCC(=O)c1ccc(C[C@@H](CNC(=O)C[C@@H](CC(C)C)c2ccccc2)N(C)C)cc1F. The molecule has 356 valence electrons. The second kappa shape index (κ2) is 29.4. The molecule has 0 aliphatic carbocycles. The van der Waals surface area contributed by atoms with Crippen LogP contribution in [-0.4, -0.2) is 91.7 Å². The Labute approximate surface area is 388 Å². The van der Waals surface area contributed by atoms with Crippen LogP contribution in [0.15, 0.2) is 97.1 Å². The number of carbonyl (C=O) groups is 4. The molecular formula is C54H76F2N4O5. The monoisotopic (exact) mass is 899 g/mol. The minimum Gasteiger partial charge on any atom is -0.481 e. The number of hydrogen-bond acceptors (Lipinski definition) is 7. The molecule has 0 bridgehead atoms. The van der Waals surface area contributed by atoms with E-state index in [1.54, 1.807) is 38.1 Å². The standard InChI is InChI=1S/C27H37FN2O2.C14H21FN2O.C13H18O2/c1-6-26(31)24-13-12-20(16-25(24)28)15-23(30(4)5)18-29-27(32)17-22(14-19(2)3)21-10-8-7-9-11-21;1-4-14(18)12-6-5-10(8-13(12)15)7-11(9-16)17(2)3;1-10(2)8-12(9-13(14)15)11-6-4-3-5-7-11/h7-13,16,19,22-23H,6,14-15,17-18H2,1-5H3,(H,29,32);5-6,8,11H,4,7,9,16H2,1-3H3;3-7,10,12H,8-9H2,1-2H3,(H,14,15)/t22-,23+;11-;12-/m101/s1. The second-order valence-corrected chi connectivity index (χ2v) is 18.1. The van der Waals surface area contributed by atoms with Gasteiger partial charge in [0.25, 0.3) is 0 Å². The van der Waals surface area contributed by atoms with Crippen LogP contribution in [0.1, 0.15) is 135 Å². The highest BCUT2D eigenvalue weighted by Crippen LogP contribution is 2.28. The molecule has 0 radical (unpaired) electrons. The fraction of sp³-hybridized carbons (Fsp3) is 0.481. The van der Waals surface area contributed by atoms with Gasteiger partial charge in [-0.15, -0.1) is 0 Å². The summed E-state index contributed by atoms with van der Waals surface area (Å²) in [5.41, 5.74) is 9.99. The van der Waals surface area contributed by atoms with Crippen molar-refractivity contribution in [2.75, 3.05) is 41.3 Å². The molecule has 4 atom stereocenters. The molecule has 1 amide bonds. The lowest BCUT2D eigenvalue weighted by Gasteiger charge is -2.26. The minimum absolute atomic E-state index is 0.0198. The predicted molar refractivity (Wildman–Crippen MR) is 261 cm³/mol. The van der Waals surface area contributed by atoms with Gasteiger partial charge in [-0.1, -0.05) is 114 Å². The van der Waals surface area contributed by atoms with Crippen molar-refractivity contribution >= 4 is 23.4 Å². The molecular weight excluding hydrogens is 823 g/mol. The van der Waals surface area contributed by atoms with Crippen LogP contribution in [0.4, 0.5) is 8.78 Å². The molecule has 0 unspecified atom stereocenters. The van der Waals surface area contributed by atoms with Crippen molar-refractivity contribution in [3.8, 4) is 0 Å². The molecule has 0 heterocycles. The first-order valence-corrected chi connectivity index (χ1v) is 23.0. The van der Waals surface area contributed by atoms with E-state index in [0.29, 0.717) is 50.6 Å². The van der Waals surface area contributed by atoms with Gasteiger partial charge in [0.15, 0.2) is 11.6 Å². The first-order chi connectivity index (χ1) is 30.8. The van der Waals surface area contributed by atoms with Crippen molar-refractivity contribution in [1.29, 1.82) is 0 Å². The summed E-state index contributed by atoms with van der Waals surface area (Å²) in [6.07, 6.45) is 4.42. The molecule has 0 aliphatic heterocycles. The van der Waals surface area contributed by atoms with Gasteiger partial charge in [0, 0.05) is 44.4 Å². The number of hydrogen-bond donors (Lipinski definition) is 3. The van der Waals surface area contributed by atoms with Crippen LogP contribution in [0, 0.1) is 23.5 Å². The van der Waals surface area contributed by atoms with Crippen molar-refractivity contribution in [1.82, 2.24) is 15.1 Å². The van der Waals surface area contributed by atoms with E-state index in [4.69, 9.17) is 10.8 Å². The van der Waals surface area contributed by atoms with Gasteiger partial charge in [0.05, 0.1) is 17.5 Å². The van der Waals surface area contributed by atoms with E-state index in [0.717, 1.165) is 29.5 Å². The summed E-state index contributed by atoms with van der Waals surface area (Å²) in [7, 11) is 7.80. The quantitative estimate of drug-likeness (QED) is 0.0627. The Hall–Kier alpha value is -5.10. The summed E-state index contributed by atoms with van der Waals surface area (Å²) >= 11 is 0. The van der Waals surface area contributed by atoms with E-state index in [9.17, 15) is 28.0 Å². The molecule has 0 saturated carbocycles. The van der Waals surface area contributed by atoms with Crippen LogP contribution in [0.2, 0.25) is 0 Å². The Bertz CT molecular complexity index is 2040. The van der Waals surface area contributed by atoms with E-state index in [1.165, 1.54) is 17.7 Å². The lowest BCUT2D eigenvalue weighted by molar-refractivity contribution is -0.137. The zero-order valence-corrected chi connectivity index (χ0v) is 40.6. The number of likely N-dealkylation sites (N-methyl/N-ethyl adjacent to an activating group) is 2. The summed E-state index contributed by atoms with van der Waals surface area (Å²) in [6.45, 7) is 13.0. The first kappa shape index (κ1) is 56.0. The smallest absolute Gasteiger partial charge is 0.303 e. The number of benzene rings is 4. The summed E-state index contributed by atoms with van der Waals surface area (Å²) in [5, 5.41) is 11.9. The van der Waals surface area contributed by atoms with Crippen molar-refractivity contribution < 1.29 is 33.1 Å². The topological polar surface area (TPSA) is 133 Å². The zero-order chi connectivity index (χ0) is 48.6. The Morgan fingerprint density at radius 2 is 1.02 bits per heavy atom. The van der Waals surface area contributed by atoms with Gasteiger partial charge in [-0.3, -0.25) is 19.2 Å². The van der Waals surface area contributed by atoms with Crippen LogP contribution in [0.5, 0.6) is 0 Å². The van der Waals surface area contributed by atoms with Crippen molar-refractivity contribution in [2.45, 2.75) is 117 Å². The number of rotatable bonds is 23. The predicted octanol–water partition coefficient (Wildman–Crippen LogP) is 10.4. The Morgan fingerprint density at radius 1 is 0.615 bits per heavy atom. The van der Waals surface area contributed by atoms with E-state index in [2.05, 4.69) is 45.1 Å². The number of halogens is 2. The maximum Gasteiger partial charge on any atom is 0.303 e. The molecule has 4 N–H and O–H groups in total. The number of Topliss-reactive ketones (excluding diaryl/α,β-unsaturated/α-hetero) is 2. The van der Waals surface area contributed by atoms with Crippen LogP contribution in [-0.2, 0) is 22.4 Å². The van der Waals surface area contributed by atoms with Crippen LogP contribution in [0.3, 0.4) is 0 Å². The van der Waals surface area contributed by atoms with Gasteiger partial charge >= 0.3 is 5.97 Å². The Morgan fingerprint density at radius 3 is 1.35 bits per heavy atom. The third-order valence-electron chi connectivity index (χ3n) is 11.4. The highest BCUT2D eigenvalue weighted by Gasteiger charge is 2.21. The third kappa shape index (κ3) is 20.7. The number of carbonyl (C=O) groups excluding carboxylic acids is 3. The maximum atomic E-state index is 14.4. The minimum atomic E-state index is -0.718. The average molecular weight is 899 g/mol. The van der Waals surface area contributed by atoms with Gasteiger partial charge in [-0.25, -0.2) is 8.78 Å². The molecule has 0 aliphatic rings. The number of carboxylic acid groups (broad SMARTS) is 1. The van der Waals surface area contributed by atoms with Crippen molar-refractivity contribution in [3.05, 3.63) is 142 Å².